The Hall–Kier alpha value is -3.39. The van der Waals surface area contributed by atoms with Crippen molar-refractivity contribution in [1.29, 1.82) is 0 Å². The van der Waals surface area contributed by atoms with Crippen LogP contribution < -0.4 is 15.4 Å². The average molecular weight is 465 g/mol. The fraction of sp³-hybridized carbons (Fsp3) is 0.320. The van der Waals surface area contributed by atoms with E-state index in [0.29, 0.717) is 39.0 Å². The van der Waals surface area contributed by atoms with Gasteiger partial charge in [-0.1, -0.05) is 42.5 Å². The number of hydrogen-bond acceptors (Lipinski definition) is 5. The molecule has 0 spiro atoms. The molecular weight excluding hydrogens is 436 g/mol. The molecule has 1 saturated heterocycles. The molecule has 1 aromatic heterocycles. The van der Waals surface area contributed by atoms with E-state index in [2.05, 4.69) is 15.6 Å². The van der Waals surface area contributed by atoms with Gasteiger partial charge in [0.2, 0.25) is 5.91 Å². The van der Waals surface area contributed by atoms with E-state index in [9.17, 15) is 9.59 Å². The van der Waals surface area contributed by atoms with E-state index in [4.69, 9.17) is 4.74 Å². The number of nitrogens with one attached hydrogen (secondary N) is 2. The number of likely N-dealkylation sites (tertiary alicyclic amines) is 1. The molecule has 1 aliphatic heterocycles. The average Bonchev–Trinajstić information content (AvgIpc) is 3.36. The standard InChI is InChI=1S/C25H28N4O3S/c1-32-22-9-5-6-18(14-22)15-27-25(31)29-12-10-19(11-13-29)23(30)26-16-21-17-33-24(28-21)20-7-3-2-4-8-20/h2-9,14,17,19H,10-13,15-16H2,1H3,(H,26,30)(H,27,31). The molecule has 2 heterocycles. The van der Waals surface area contributed by atoms with Gasteiger partial charge in [0, 0.05) is 36.5 Å². The number of carbonyl (C=O) groups excluding carboxylic acids is 2. The summed E-state index contributed by atoms with van der Waals surface area (Å²) in [7, 11) is 1.62. The van der Waals surface area contributed by atoms with Gasteiger partial charge in [0.25, 0.3) is 0 Å². The minimum atomic E-state index is -0.104. The van der Waals surface area contributed by atoms with E-state index in [1.165, 1.54) is 0 Å². The maximum absolute atomic E-state index is 12.6. The molecule has 2 aromatic carbocycles. The molecule has 0 bridgehead atoms. The van der Waals surface area contributed by atoms with Crippen molar-refractivity contribution in [3.63, 3.8) is 0 Å². The van der Waals surface area contributed by atoms with Crippen LogP contribution in [-0.2, 0) is 17.9 Å². The molecule has 172 valence electrons. The monoisotopic (exact) mass is 464 g/mol. The first-order valence-electron chi connectivity index (χ1n) is 11.1. The highest BCUT2D eigenvalue weighted by Crippen LogP contribution is 2.23. The molecule has 8 heteroatoms. The topological polar surface area (TPSA) is 83.6 Å². The number of amides is 3. The number of piperidine rings is 1. The fourth-order valence-electron chi connectivity index (χ4n) is 3.84. The lowest BCUT2D eigenvalue weighted by atomic mass is 9.96. The van der Waals surface area contributed by atoms with Gasteiger partial charge >= 0.3 is 6.03 Å². The molecule has 1 aliphatic rings. The molecule has 0 saturated carbocycles. The number of nitrogens with zero attached hydrogens (tertiary/aromatic N) is 2. The number of methoxy groups -OCH3 is 1. The highest BCUT2D eigenvalue weighted by molar-refractivity contribution is 7.13. The van der Waals surface area contributed by atoms with Crippen LogP contribution >= 0.6 is 11.3 Å². The fourth-order valence-corrected chi connectivity index (χ4v) is 4.67. The van der Waals surface area contributed by atoms with Crippen LogP contribution in [0, 0.1) is 5.92 Å². The quantitative estimate of drug-likeness (QED) is 0.552. The summed E-state index contributed by atoms with van der Waals surface area (Å²) in [6.45, 7) is 1.99. The molecule has 0 atom stereocenters. The van der Waals surface area contributed by atoms with E-state index >= 15 is 0 Å². The third kappa shape index (κ3) is 6.10. The third-order valence-electron chi connectivity index (χ3n) is 5.75. The van der Waals surface area contributed by atoms with Crippen LogP contribution in [0.1, 0.15) is 24.1 Å². The van der Waals surface area contributed by atoms with Crippen LogP contribution in [0.4, 0.5) is 4.79 Å². The molecule has 0 radical (unpaired) electrons. The van der Waals surface area contributed by atoms with E-state index in [1.807, 2.05) is 60.0 Å². The summed E-state index contributed by atoms with van der Waals surface area (Å²) in [5.74, 6) is 0.711. The molecule has 0 aliphatic carbocycles. The highest BCUT2D eigenvalue weighted by atomic mass is 32.1. The Labute approximate surface area is 197 Å². The van der Waals surface area contributed by atoms with Gasteiger partial charge in [-0.3, -0.25) is 4.79 Å². The van der Waals surface area contributed by atoms with Crippen molar-refractivity contribution in [2.45, 2.75) is 25.9 Å². The Morgan fingerprint density at radius 3 is 2.61 bits per heavy atom. The molecule has 1 fully saturated rings. The van der Waals surface area contributed by atoms with Crippen LogP contribution in [0.15, 0.2) is 60.0 Å². The van der Waals surface area contributed by atoms with Gasteiger partial charge in [-0.15, -0.1) is 11.3 Å². The molecule has 2 N–H and O–H groups in total. The first kappa shape index (κ1) is 22.8. The van der Waals surface area contributed by atoms with E-state index in [-0.39, 0.29) is 17.9 Å². The number of hydrogen-bond donors (Lipinski definition) is 2. The zero-order valence-corrected chi connectivity index (χ0v) is 19.4. The number of thiazole rings is 1. The zero-order chi connectivity index (χ0) is 23.0. The van der Waals surface area contributed by atoms with Gasteiger partial charge in [-0.2, -0.15) is 0 Å². The van der Waals surface area contributed by atoms with Gasteiger partial charge in [0.15, 0.2) is 0 Å². The van der Waals surface area contributed by atoms with Gasteiger partial charge in [-0.25, -0.2) is 9.78 Å². The number of rotatable bonds is 7. The van der Waals surface area contributed by atoms with E-state index in [1.54, 1.807) is 23.3 Å². The lowest BCUT2D eigenvalue weighted by Crippen LogP contribution is -2.46. The number of ether oxygens (including phenoxy) is 1. The van der Waals surface area contributed by atoms with Crippen LogP contribution in [0.25, 0.3) is 10.6 Å². The van der Waals surface area contributed by atoms with Crippen LogP contribution in [-0.4, -0.2) is 42.0 Å². The zero-order valence-electron chi connectivity index (χ0n) is 18.6. The minimum Gasteiger partial charge on any atom is -0.497 e. The lowest BCUT2D eigenvalue weighted by Gasteiger charge is -2.31. The molecule has 4 rings (SSSR count). The second-order valence-electron chi connectivity index (χ2n) is 8.00. The lowest BCUT2D eigenvalue weighted by molar-refractivity contribution is -0.126. The van der Waals surface area contributed by atoms with Crippen molar-refractivity contribution in [2.24, 2.45) is 5.92 Å². The Morgan fingerprint density at radius 1 is 1.06 bits per heavy atom. The maximum atomic E-state index is 12.6. The number of aromatic nitrogens is 1. The minimum absolute atomic E-state index is 0.0284. The third-order valence-corrected chi connectivity index (χ3v) is 6.69. The van der Waals surface area contributed by atoms with Crippen LogP contribution in [0.2, 0.25) is 0 Å². The number of benzene rings is 2. The predicted octanol–water partition coefficient (Wildman–Crippen LogP) is 4.06. The van der Waals surface area contributed by atoms with Crippen molar-refractivity contribution in [2.75, 3.05) is 20.2 Å². The van der Waals surface area contributed by atoms with Gasteiger partial charge in [-0.05, 0) is 30.5 Å². The molecule has 3 amide bonds. The molecule has 0 unspecified atom stereocenters. The maximum Gasteiger partial charge on any atom is 0.317 e. The Balaban J connectivity index is 1.19. The van der Waals surface area contributed by atoms with Gasteiger partial charge in [0.1, 0.15) is 10.8 Å². The molecule has 3 aromatic rings. The first-order valence-corrected chi connectivity index (χ1v) is 11.9. The van der Waals surface area contributed by atoms with Crippen molar-refractivity contribution in [1.82, 2.24) is 20.5 Å². The first-order chi connectivity index (χ1) is 16.1. The van der Waals surface area contributed by atoms with E-state index < -0.39 is 0 Å². The molecule has 33 heavy (non-hydrogen) atoms. The smallest absolute Gasteiger partial charge is 0.317 e. The molecular formula is C25H28N4O3S. The Bertz CT molecular complexity index is 1080. The van der Waals surface area contributed by atoms with Crippen molar-refractivity contribution < 1.29 is 14.3 Å². The highest BCUT2D eigenvalue weighted by Gasteiger charge is 2.27. The van der Waals surface area contributed by atoms with Gasteiger partial charge < -0.3 is 20.3 Å². The predicted molar refractivity (Wildman–Crippen MR) is 129 cm³/mol. The summed E-state index contributed by atoms with van der Waals surface area (Å²) in [6, 6.07) is 17.5. The van der Waals surface area contributed by atoms with Crippen molar-refractivity contribution >= 4 is 23.3 Å². The SMILES string of the molecule is COc1cccc(CNC(=O)N2CCC(C(=O)NCc3csc(-c4ccccc4)n3)CC2)c1. The summed E-state index contributed by atoms with van der Waals surface area (Å²) in [6.07, 6.45) is 1.31. The van der Waals surface area contributed by atoms with Crippen molar-refractivity contribution in [3.8, 4) is 16.3 Å². The Kier molecular flexibility index (Phi) is 7.57. The summed E-state index contributed by atoms with van der Waals surface area (Å²) in [4.78, 5) is 31.5. The summed E-state index contributed by atoms with van der Waals surface area (Å²) in [5.41, 5.74) is 2.92. The van der Waals surface area contributed by atoms with Crippen molar-refractivity contribution in [3.05, 3.63) is 71.2 Å². The number of carbonyl (C=O) groups is 2. The second kappa shape index (κ2) is 11.0. The summed E-state index contributed by atoms with van der Waals surface area (Å²) >= 11 is 1.58. The summed E-state index contributed by atoms with van der Waals surface area (Å²) < 4.78 is 5.22. The normalized spacial score (nSPS) is 14.0. The number of urea groups is 1. The van der Waals surface area contributed by atoms with E-state index in [0.717, 1.165) is 27.6 Å². The van der Waals surface area contributed by atoms with Gasteiger partial charge in [0.05, 0.1) is 19.3 Å². The molecule has 7 nitrogen and oxygen atoms in total. The largest absolute Gasteiger partial charge is 0.497 e. The Morgan fingerprint density at radius 2 is 1.85 bits per heavy atom. The summed E-state index contributed by atoms with van der Waals surface area (Å²) in [5, 5.41) is 8.90. The van der Waals surface area contributed by atoms with Crippen LogP contribution in [0.5, 0.6) is 5.75 Å². The second-order valence-corrected chi connectivity index (χ2v) is 8.86. The van der Waals surface area contributed by atoms with Crippen LogP contribution in [0.3, 0.4) is 0 Å².